The van der Waals surface area contributed by atoms with E-state index >= 15 is 0 Å². The molecular weight excluding hydrogens is 229 g/mol. The van der Waals surface area contributed by atoms with Crippen LogP contribution >= 0.6 is 0 Å². The van der Waals surface area contributed by atoms with Crippen LogP contribution in [0.1, 0.15) is 39.0 Å². The average molecular weight is 252 g/mol. The number of halogens is 3. The third-order valence-corrected chi connectivity index (χ3v) is 3.51. The van der Waals surface area contributed by atoms with Gasteiger partial charge >= 0.3 is 6.18 Å². The highest BCUT2D eigenvalue weighted by Gasteiger charge is 2.27. The molecule has 1 aliphatic heterocycles. The van der Waals surface area contributed by atoms with Gasteiger partial charge in [0.25, 0.3) is 0 Å². The first-order chi connectivity index (χ1) is 7.88. The van der Waals surface area contributed by atoms with Crippen molar-refractivity contribution in [2.24, 2.45) is 0 Å². The molecule has 0 saturated carbocycles. The Balaban J connectivity index is 2.15. The van der Waals surface area contributed by atoms with E-state index in [2.05, 4.69) is 10.2 Å². The summed E-state index contributed by atoms with van der Waals surface area (Å²) in [6, 6.07) is 0.741. The van der Waals surface area contributed by atoms with E-state index in [1.54, 1.807) is 0 Å². The molecule has 102 valence electrons. The standard InChI is InChI=1S/C12H23F3N2/c1-10(5-3-7-12(13,14)15)17(2)9-11-6-4-8-16-11/h10-11,16H,3-9H2,1-2H3. The van der Waals surface area contributed by atoms with Crippen molar-refractivity contribution in [3.05, 3.63) is 0 Å². The second-order valence-corrected chi connectivity index (χ2v) is 5.09. The molecule has 1 saturated heterocycles. The Labute approximate surface area is 102 Å². The molecule has 0 amide bonds. The number of nitrogens with zero attached hydrogens (tertiary/aromatic N) is 1. The fourth-order valence-electron chi connectivity index (χ4n) is 2.26. The summed E-state index contributed by atoms with van der Waals surface area (Å²) in [6.45, 7) is 4.01. The highest BCUT2D eigenvalue weighted by molar-refractivity contribution is 4.78. The SMILES string of the molecule is CC(CCCC(F)(F)F)N(C)CC1CCCN1. The molecule has 2 unspecified atom stereocenters. The summed E-state index contributed by atoms with van der Waals surface area (Å²) in [5, 5.41) is 3.40. The van der Waals surface area contributed by atoms with E-state index in [1.165, 1.54) is 12.8 Å². The molecule has 2 nitrogen and oxygen atoms in total. The van der Waals surface area contributed by atoms with Gasteiger partial charge in [0, 0.05) is 25.0 Å². The zero-order valence-electron chi connectivity index (χ0n) is 10.7. The van der Waals surface area contributed by atoms with E-state index in [1.807, 2.05) is 14.0 Å². The highest BCUT2D eigenvalue weighted by Crippen LogP contribution is 2.23. The van der Waals surface area contributed by atoms with Gasteiger partial charge < -0.3 is 10.2 Å². The molecule has 5 heteroatoms. The normalized spacial score (nSPS) is 23.3. The summed E-state index contributed by atoms with van der Waals surface area (Å²) in [5.74, 6) is 0. The molecule has 17 heavy (non-hydrogen) atoms. The largest absolute Gasteiger partial charge is 0.389 e. The predicted octanol–water partition coefficient (Wildman–Crippen LogP) is 2.79. The number of hydrogen-bond donors (Lipinski definition) is 1. The molecule has 2 atom stereocenters. The van der Waals surface area contributed by atoms with Gasteiger partial charge in [0.2, 0.25) is 0 Å². The first-order valence-corrected chi connectivity index (χ1v) is 6.39. The summed E-state index contributed by atoms with van der Waals surface area (Å²) in [7, 11) is 2.00. The molecule has 1 N–H and O–H groups in total. The van der Waals surface area contributed by atoms with Crippen molar-refractivity contribution in [2.45, 2.75) is 57.3 Å². The van der Waals surface area contributed by atoms with Crippen LogP contribution in [0.25, 0.3) is 0 Å². The number of nitrogens with one attached hydrogen (secondary N) is 1. The molecule has 0 radical (unpaired) electrons. The Kier molecular flexibility index (Phi) is 5.73. The van der Waals surface area contributed by atoms with Crippen LogP contribution < -0.4 is 5.32 Å². The van der Waals surface area contributed by atoms with Crippen molar-refractivity contribution in [3.63, 3.8) is 0 Å². The molecule has 0 aromatic heterocycles. The van der Waals surface area contributed by atoms with Crippen LogP contribution in [0.4, 0.5) is 13.2 Å². The third-order valence-electron chi connectivity index (χ3n) is 3.51. The Morgan fingerprint density at radius 3 is 2.65 bits per heavy atom. The minimum Gasteiger partial charge on any atom is -0.313 e. The van der Waals surface area contributed by atoms with Crippen molar-refractivity contribution < 1.29 is 13.2 Å². The number of likely N-dealkylation sites (N-methyl/N-ethyl adjacent to an activating group) is 1. The molecule has 0 bridgehead atoms. The predicted molar refractivity (Wildman–Crippen MR) is 63.0 cm³/mol. The number of hydrogen-bond acceptors (Lipinski definition) is 2. The van der Waals surface area contributed by atoms with Gasteiger partial charge in [-0.1, -0.05) is 0 Å². The van der Waals surface area contributed by atoms with Gasteiger partial charge in [0.15, 0.2) is 0 Å². The summed E-state index contributed by atoms with van der Waals surface area (Å²) in [5.41, 5.74) is 0. The molecule has 1 rings (SSSR count). The maximum Gasteiger partial charge on any atom is 0.389 e. The second kappa shape index (κ2) is 6.59. The summed E-state index contributed by atoms with van der Waals surface area (Å²) >= 11 is 0. The summed E-state index contributed by atoms with van der Waals surface area (Å²) in [4.78, 5) is 2.17. The van der Waals surface area contributed by atoms with Crippen LogP contribution in [-0.2, 0) is 0 Å². The van der Waals surface area contributed by atoms with Crippen molar-refractivity contribution in [1.29, 1.82) is 0 Å². The molecule has 1 fully saturated rings. The van der Waals surface area contributed by atoms with Gasteiger partial charge in [-0.3, -0.25) is 0 Å². The lowest BCUT2D eigenvalue weighted by atomic mass is 10.1. The Morgan fingerprint density at radius 2 is 2.12 bits per heavy atom. The van der Waals surface area contributed by atoms with Gasteiger partial charge in [-0.15, -0.1) is 0 Å². The van der Waals surface area contributed by atoms with Gasteiger partial charge in [-0.25, -0.2) is 0 Å². The third kappa shape index (κ3) is 6.27. The van der Waals surface area contributed by atoms with Crippen LogP contribution in [0.3, 0.4) is 0 Å². The van der Waals surface area contributed by atoms with Crippen molar-refractivity contribution >= 4 is 0 Å². The van der Waals surface area contributed by atoms with E-state index in [9.17, 15) is 13.2 Å². The van der Waals surface area contributed by atoms with Crippen molar-refractivity contribution in [1.82, 2.24) is 10.2 Å². The zero-order chi connectivity index (χ0) is 12.9. The van der Waals surface area contributed by atoms with Crippen LogP contribution in [0.2, 0.25) is 0 Å². The second-order valence-electron chi connectivity index (χ2n) is 5.09. The monoisotopic (exact) mass is 252 g/mol. The fraction of sp³-hybridized carbons (Fsp3) is 1.00. The van der Waals surface area contributed by atoms with E-state index in [0.717, 1.165) is 13.1 Å². The number of alkyl halides is 3. The van der Waals surface area contributed by atoms with Gasteiger partial charge in [-0.2, -0.15) is 13.2 Å². The lowest BCUT2D eigenvalue weighted by Crippen LogP contribution is -2.39. The summed E-state index contributed by atoms with van der Waals surface area (Å²) < 4.78 is 36.0. The molecular formula is C12H23F3N2. The van der Waals surface area contributed by atoms with Crippen LogP contribution in [0, 0.1) is 0 Å². The molecule has 0 spiro atoms. The molecule has 1 aliphatic rings. The Bertz CT molecular complexity index is 212. The fourth-order valence-corrected chi connectivity index (χ4v) is 2.26. The maximum atomic E-state index is 12.0. The topological polar surface area (TPSA) is 15.3 Å². The highest BCUT2D eigenvalue weighted by atomic mass is 19.4. The zero-order valence-corrected chi connectivity index (χ0v) is 10.7. The van der Waals surface area contributed by atoms with E-state index in [-0.39, 0.29) is 12.5 Å². The molecule has 1 heterocycles. The van der Waals surface area contributed by atoms with Crippen LogP contribution in [0.5, 0.6) is 0 Å². The Morgan fingerprint density at radius 1 is 1.41 bits per heavy atom. The van der Waals surface area contributed by atoms with Crippen LogP contribution in [-0.4, -0.2) is 43.3 Å². The van der Waals surface area contributed by atoms with Crippen molar-refractivity contribution in [3.8, 4) is 0 Å². The van der Waals surface area contributed by atoms with Crippen LogP contribution in [0.15, 0.2) is 0 Å². The van der Waals surface area contributed by atoms with E-state index in [4.69, 9.17) is 0 Å². The summed E-state index contributed by atoms with van der Waals surface area (Å²) in [6.07, 6.45) is -1.44. The minimum atomic E-state index is -4.01. The average Bonchev–Trinajstić information content (AvgIpc) is 2.68. The van der Waals surface area contributed by atoms with Gasteiger partial charge in [0.1, 0.15) is 0 Å². The van der Waals surface area contributed by atoms with Gasteiger partial charge in [0.05, 0.1) is 0 Å². The smallest absolute Gasteiger partial charge is 0.313 e. The molecule has 0 aromatic rings. The van der Waals surface area contributed by atoms with E-state index < -0.39 is 12.6 Å². The molecule has 0 aromatic carbocycles. The van der Waals surface area contributed by atoms with Gasteiger partial charge in [-0.05, 0) is 46.2 Å². The van der Waals surface area contributed by atoms with Crippen molar-refractivity contribution in [2.75, 3.05) is 20.1 Å². The lowest BCUT2D eigenvalue weighted by Gasteiger charge is -2.27. The van der Waals surface area contributed by atoms with E-state index in [0.29, 0.717) is 12.5 Å². The minimum absolute atomic E-state index is 0.222. The molecule has 0 aliphatic carbocycles. The quantitative estimate of drug-likeness (QED) is 0.782. The maximum absolute atomic E-state index is 12.0. The first kappa shape index (κ1) is 14.8. The first-order valence-electron chi connectivity index (χ1n) is 6.39. The number of rotatable bonds is 6. The lowest BCUT2D eigenvalue weighted by molar-refractivity contribution is -0.136. The Hall–Kier alpha value is -0.290.